The van der Waals surface area contributed by atoms with Crippen LogP contribution in [0, 0.1) is 12.8 Å². The molecule has 0 bridgehead atoms. The van der Waals surface area contributed by atoms with E-state index in [1.165, 1.54) is 18.4 Å². The summed E-state index contributed by atoms with van der Waals surface area (Å²) in [6.45, 7) is 6.91. The number of aryl methyl sites for hydroxylation is 1. The van der Waals surface area contributed by atoms with Crippen LogP contribution in [0.15, 0.2) is 18.2 Å². The standard InChI is InChI=1S/C16H24N2O/c1-4-14(12-8-9-12)18-15-10-13(7-6-11(15)3)16(19)17-5-2/h6-7,10,12,14,18H,4-5,8-9H2,1-3H3,(H,17,19). The molecule has 1 atom stereocenters. The van der Waals surface area contributed by atoms with Crippen LogP contribution in [0.4, 0.5) is 5.69 Å². The molecule has 2 N–H and O–H groups in total. The summed E-state index contributed by atoms with van der Waals surface area (Å²) in [6.07, 6.45) is 3.80. The lowest BCUT2D eigenvalue weighted by Gasteiger charge is -2.20. The molecule has 2 rings (SSSR count). The fourth-order valence-electron chi connectivity index (χ4n) is 2.43. The lowest BCUT2D eigenvalue weighted by molar-refractivity contribution is 0.0956. The van der Waals surface area contributed by atoms with Gasteiger partial charge >= 0.3 is 0 Å². The van der Waals surface area contributed by atoms with Crippen molar-refractivity contribution in [3.63, 3.8) is 0 Å². The first-order valence-electron chi connectivity index (χ1n) is 7.31. The monoisotopic (exact) mass is 260 g/mol. The number of nitrogens with one attached hydrogen (secondary N) is 2. The van der Waals surface area contributed by atoms with E-state index in [9.17, 15) is 4.79 Å². The maximum absolute atomic E-state index is 11.9. The van der Waals surface area contributed by atoms with Crippen molar-refractivity contribution in [1.82, 2.24) is 5.32 Å². The van der Waals surface area contributed by atoms with Crippen LogP contribution in [0.1, 0.15) is 49.0 Å². The second-order valence-electron chi connectivity index (χ2n) is 5.39. The Morgan fingerprint density at radius 2 is 2.11 bits per heavy atom. The van der Waals surface area contributed by atoms with E-state index in [1.807, 2.05) is 25.1 Å². The maximum Gasteiger partial charge on any atom is 0.251 e. The van der Waals surface area contributed by atoms with Gasteiger partial charge in [0.25, 0.3) is 5.91 Å². The summed E-state index contributed by atoms with van der Waals surface area (Å²) in [4.78, 5) is 11.9. The molecule has 1 aromatic rings. The summed E-state index contributed by atoms with van der Waals surface area (Å²) in [6, 6.07) is 6.43. The van der Waals surface area contributed by atoms with Gasteiger partial charge in [0.15, 0.2) is 0 Å². The molecule has 0 spiro atoms. The van der Waals surface area contributed by atoms with Crippen LogP contribution in [-0.4, -0.2) is 18.5 Å². The second kappa shape index (κ2) is 6.09. The number of amides is 1. The number of anilines is 1. The minimum Gasteiger partial charge on any atom is -0.382 e. The van der Waals surface area contributed by atoms with E-state index in [2.05, 4.69) is 24.5 Å². The zero-order chi connectivity index (χ0) is 13.8. The largest absolute Gasteiger partial charge is 0.382 e. The average molecular weight is 260 g/mol. The molecule has 0 saturated heterocycles. The summed E-state index contributed by atoms with van der Waals surface area (Å²) >= 11 is 0. The van der Waals surface area contributed by atoms with Crippen molar-refractivity contribution >= 4 is 11.6 Å². The number of benzene rings is 1. The average Bonchev–Trinajstić information content (AvgIpc) is 3.22. The zero-order valence-corrected chi connectivity index (χ0v) is 12.1. The predicted octanol–water partition coefficient (Wildman–Crippen LogP) is 3.35. The molecule has 0 aromatic heterocycles. The number of carbonyl (C=O) groups excluding carboxylic acids is 1. The number of carbonyl (C=O) groups is 1. The van der Waals surface area contributed by atoms with Gasteiger partial charge < -0.3 is 10.6 Å². The Bertz CT molecular complexity index is 452. The summed E-state index contributed by atoms with van der Waals surface area (Å²) in [5, 5.41) is 6.46. The van der Waals surface area contributed by atoms with Gasteiger partial charge in [0.2, 0.25) is 0 Å². The maximum atomic E-state index is 11.9. The quantitative estimate of drug-likeness (QED) is 0.823. The van der Waals surface area contributed by atoms with E-state index in [-0.39, 0.29) is 5.91 Å². The highest BCUT2D eigenvalue weighted by Crippen LogP contribution is 2.36. The molecule has 3 nitrogen and oxygen atoms in total. The first-order chi connectivity index (χ1) is 9.15. The predicted molar refractivity (Wildman–Crippen MR) is 79.6 cm³/mol. The first-order valence-corrected chi connectivity index (χ1v) is 7.31. The summed E-state index contributed by atoms with van der Waals surface area (Å²) in [5.41, 5.74) is 3.04. The molecule has 1 aromatic carbocycles. The van der Waals surface area contributed by atoms with Gasteiger partial charge in [0.05, 0.1) is 0 Å². The summed E-state index contributed by atoms with van der Waals surface area (Å²) < 4.78 is 0. The van der Waals surface area contributed by atoms with Crippen molar-refractivity contribution in [1.29, 1.82) is 0 Å². The lowest BCUT2D eigenvalue weighted by atomic mass is 10.1. The molecule has 1 aliphatic carbocycles. The van der Waals surface area contributed by atoms with Gasteiger partial charge in [-0.15, -0.1) is 0 Å². The minimum atomic E-state index is 0.00465. The van der Waals surface area contributed by atoms with Crippen LogP contribution >= 0.6 is 0 Å². The highest BCUT2D eigenvalue weighted by Gasteiger charge is 2.30. The Labute approximate surface area is 115 Å². The van der Waals surface area contributed by atoms with Crippen LogP contribution in [0.5, 0.6) is 0 Å². The van der Waals surface area contributed by atoms with E-state index in [0.29, 0.717) is 12.6 Å². The van der Waals surface area contributed by atoms with Gasteiger partial charge in [0, 0.05) is 23.8 Å². The van der Waals surface area contributed by atoms with Crippen LogP contribution in [-0.2, 0) is 0 Å². The molecule has 1 aliphatic rings. The van der Waals surface area contributed by atoms with E-state index in [1.54, 1.807) is 0 Å². The fourth-order valence-corrected chi connectivity index (χ4v) is 2.43. The van der Waals surface area contributed by atoms with Crippen molar-refractivity contribution < 1.29 is 4.79 Å². The third-order valence-electron chi connectivity index (χ3n) is 3.81. The van der Waals surface area contributed by atoms with Crippen LogP contribution in [0.2, 0.25) is 0 Å². The van der Waals surface area contributed by atoms with Crippen molar-refractivity contribution in [2.45, 2.75) is 46.1 Å². The van der Waals surface area contributed by atoms with Gasteiger partial charge in [-0.1, -0.05) is 13.0 Å². The van der Waals surface area contributed by atoms with Crippen LogP contribution < -0.4 is 10.6 Å². The Balaban J connectivity index is 2.14. The van der Waals surface area contributed by atoms with Gasteiger partial charge in [-0.2, -0.15) is 0 Å². The number of hydrogen-bond donors (Lipinski definition) is 2. The van der Waals surface area contributed by atoms with Crippen molar-refractivity contribution in [2.24, 2.45) is 5.92 Å². The molecule has 0 radical (unpaired) electrons. The molecular formula is C16H24N2O. The van der Waals surface area contributed by atoms with Crippen LogP contribution in [0.3, 0.4) is 0 Å². The topological polar surface area (TPSA) is 41.1 Å². The van der Waals surface area contributed by atoms with E-state index in [4.69, 9.17) is 0 Å². The molecule has 19 heavy (non-hydrogen) atoms. The van der Waals surface area contributed by atoms with Crippen molar-refractivity contribution in [2.75, 3.05) is 11.9 Å². The molecule has 1 amide bonds. The number of hydrogen-bond acceptors (Lipinski definition) is 2. The molecule has 1 saturated carbocycles. The highest BCUT2D eigenvalue weighted by atomic mass is 16.1. The lowest BCUT2D eigenvalue weighted by Crippen LogP contribution is -2.24. The number of rotatable bonds is 6. The van der Waals surface area contributed by atoms with Gasteiger partial charge in [-0.3, -0.25) is 4.79 Å². The Morgan fingerprint density at radius 3 is 2.68 bits per heavy atom. The van der Waals surface area contributed by atoms with Crippen molar-refractivity contribution in [3.8, 4) is 0 Å². The summed E-state index contributed by atoms with van der Waals surface area (Å²) in [5.74, 6) is 0.822. The van der Waals surface area contributed by atoms with E-state index in [0.717, 1.165) is 23.6 Å². The van der Waals surface area contributed by atoms with Gasteiger partial charge in [-0.25, -0.2) is 0 Å². The molecule has 1 unspecified atom stereocenters. The zero-order valence-electron chi connectivity index (χ0n) is 12.1. The Morgan fingerprint density at radius 1 is 1.37 bits per heavy atom. The third-order valence-corrected chi connectivity index (χ3v) is 3.81. The molecule has 104 valence electrons. The smallest absolute Gasteiger partial charge is 0.251 e. The van der Waals surface area contributed by atoms with Gasteiger partial charge in [-0.05, 0) is 56.7 Å². The fraction of sp³-hybridized carbons (Fsp3) is 0.562. The highest BCUT2D eigenvalue weighted by molar-refractivity contribution is 5.95. The molecule has 3 heteroatoms. The second-order valence-corrected chi connectivity index (χ2v) is 5.39. The Kier molecular flexibility index (Phi) is 4.46. The molecule has 0 aliphatic heterocycles. The summed E-state index contributed by atoms with van der Waals surface area (Å²) in [7, 11) is 0. The van der Waals surface area contributed by atoms with E-state index < -0.39 is 0 Å². The molecule has 0 heterocycles. The van der Waals surface area contributed by atoms with Crippen LogP contribution in [0.25, 0.3) is 0 Å². The minimum absolute atomic E-state index is 0.00465. The Hall–Kier alpha value is -1.51. The SMILES string of the molecule is CCNC(=O)c1ccc(C)c(NC(CC)C2CC2)c1. The first kappa shape index (κ1) is 13.9. The normalized spacial score (nSPS) is 15.9. The third kappa shape index (κ3) is 3.49. The van der Waals surface area contributed by atoms with Gasteiger partial charge in [0.1, 0.15) is 0 Å². The van der Waals surface area contributed by atoms with Crippen molar-refractivity contribution in [3.05, 3.63) is 29.3 Å². The molecule has 1 fully saturated rings. The molecular weight excluding hydrogens is 236 g/mol. The van der Waals surface area contributed by atoms with E-state index >= 15 is 0 Å².